The Hall–Kier alpha value is -2.47. The second-order valence-corrected chi connectivity index (χ2v) is 6.03. The SMILES string of the molecule is CCCc1[nH]nc(-c2cccs2)c1NC(=O)c1ccccc1F. The van der Waals surface area contributed by atoms with Crippen LogP contribution in [-0.2, 0) is 6.42 Å². The molecule has 118 valence electrons. The Labute approximate surface area is 137 Å². The van der Waals surface area contributed by atoms with Crippen molar-refractivity contribution in [2.75, 3.05) is 5.32 Å². The van der Waals surface area contributed by atoms with Crippen LogP contribution in [0, 0.1) is 5.82 Å². The summed E-state index contributed by atoms with van der Waals surface area (Å²) in [5.74, 6) is -1.01. The first-order chi connectivity index (χ1) is 11.2. The van der Waals surface area contributed by atoms with Gasteiger partial charge in [0.25, 0.3) is 5.91 Å². The van der Waals surface area contributed by atoms with E-state index in [0.717, 1.165) is 23.4 Å². The molecule has 1 amide bonds. The van der Waals surface area contributed by atoms with Crippen molar-refractivity contribution in [3.63, 3.8) is 0 Å². The second-order valence-electron chi connectivity index (χ2n) is 5.09. The van der Waals surface area contributed by atoms with Crippen LogP contribution in [0.15, 0.2) is 41.8 Å². The lowest BCUT2D eigenvalue weighted by atomic mass is 10.1. The molecule has 0 saturated carbocycles. The van der Waals surface area contributed by atoms with Gasteiger partial charge in [-0.2, -0.15) is 5.10 Å². The van der Waals surface area contributed by atoms with Crippen molar-refractivity contribution in [2.45, 2.75) is 19.8 Å². The summed E-state index contributed by atoms with van der Waals surface area (Å²) < 4.78 is 13.8. The van der Waals surface area contributed by atoms with Crippen LogP contribution < -0.4 is 5.32 Å². The molecular weight excluding hydrogens is 313 g/mol. The molecule has 0 aliphatic heterocycles. The number of benzene rings is 1. The molecule has 6 heteroatoms. The summed E-state index contributed by atoms with van der Waals surface area (Å²) in [5, 5.41) is 12.1. The maximum Gasteiger partial charge on any atom is 0.258 e. The van der Waals surface area contributed by atoms with Crippen molar-refractivity contribution >= 4 is 22.9 Å². The summed E-state index contributed by atoms with van der Waals surface area (Å²) in [6.45, 7) is 2.05. The number of nitrogens with one attached hydrogen (secondary N) is 2. The zero-order valence-electron chi connectivity index (χ0n) is 12.6. The molecule has 0 bridgehead atoms. The molecule has 2 aromatic heterocycles. The smallest absolute Gasteiger partial charge is 0.258 e. The van der Waals surface area contributed by atoms with Crippen molar-refractivity contribution in [2.24, 2.45) is 0 Å². The van der Waals surface area contributed by atoms with Gasteiger partial charge >= 0.3 is 0 Å². The topological polar surface area (TPSA) is 57.8 Å². The second kappa shape index (κ2) is 6.75. The molecule has 0 radical (unpaired) electrons. The largest absolute Gasteiger partial charge is 0.318 e. The third-order valence-electron chi connectivity index (χ3n) is 3.45. The number of aryl methyl sites for hydroxylation is 1. The highest BCUT2D eigenvalue weighted by atomic mass is 32.1. The summed E-state index contributed by atoms with van der Waals surface area (Å²) in [4.78, 5) is 13.4. The lowest BCUT2D eigenvalue weighted by molar-refractivity contribution is 0.102. The molecule has 3 aromatic rings. The van der Waals surface area contributed by atoms with Crippen molar-refractivity contribution in [3.05, 3.63) is 58.9 Å². The van der Waals surface area contributed by atoms with E-state index in [1.807, 2.05) is 24.4 Å². The first-order valence-corrected chi connectivity index (χ1v) is 8.25. The summed E-state index contributed by atoms with van der Waals surface area (Å²) in [6.07, 6.45) is 1.67. The predicted molar refractivity (Wildman–Crippen MR) is 90.2 cm³/mol. The van der Waals surface area contributed by atoms with Gasteiger partial charge in [-0.1, -0.05) is 31.5 Å². The standard InChI is InChI=1S/C17H16FN3OS/c1-2-6-13-15(16(21-20-13)14-9-5-10-23-14)19-17(22)11-7-3-4-8-12(11)18/h3-5,7-10H,2,6H2,1H3,(H,19,22)(H,20,21). The normalized spacial score (nSPS) is 10.7. The average Bonchev–Trinajstić information content (AvgIpc) is 3.18. The molecular formula is C17H16FN3OS. The number of nitrogens with zero attached hydrogens (tertiary/aromatic N) is 1. The minimum Gasteiger partial charge on any atom is -0.318 e. The molecule has 2 N–H and O–H groups in total. The maximum atomic E-state index is 13.8. The Morgan fingerprint density at radius 1 is 1.30 bits per heavy atom. The molecule has 0 spiro atoms. The van der Waals surface area contributed by atoms with E-state index in [1.54, 1.807) is 12.1 Å². The molecule has 0 atom stereocenters. The highest BCUT2D eigenvalue weighted by molar-refractivity contribution is 7.13. The minimum atomic E-state index is -0.539. The highest BCUT2D eigenvalue weighted by Gasteiger charge is 2.19. The number of carbonyl (C=O) groups excluding carboxylic acids is 1. The fourth-order valence-electron chi connectivity index (χ4n) is 2.36. The van der Waals surface area contributed by atoms with E-state index in [1.165, 1.54) is 23.5 Å². The number of halogens is 1. The summed E-state index contributed by atoms with van der Waals surface area (Å²) in [5.41, 5.74) is 2.18. The Balaban J connectivity index is 1.96. The van der Waals surface area contributed by atoms with Gasteiger partial charge in [0.1, 0.15) is 11.5 Å². The molecule has 0 saturated heterocycles. The van der Waals surface area contributed by atoms with Crippen LogP contribution in [-0.4, -0.2) is 16.1 Å². The first-order valence-electron chi connectivity index (χ1n) is 7.37. The number of hydrogen-bond donors (Lipinski definition) is 2. The van der Waals surface area contributed by atoms with Gasteiger partial charge < -0.3 is 5.32 Å². The molecule has 3 rings (SSSR count). The Bertz CT molecular complexity index is 811. The van der Waals surface area contributed by atoms with Crippen LogP contribution in [0.4, 0.5) is 10.1 Å². The van der Waals surface area contributed by atoms with Crippen molar-refractivity contribution in [3.8, 4) is 10.6 Å². The fraction of sp³-hybridized carbons (Fsp3) is 0.176. The van der Waals surface area contributed by atoms with E-state index in [-0.39, 0.29) is 5.56 Å². The number of anilines is 1. The summed E-state index contributed by atoms with van der Waals surface area (Å²) in [6, 6.07) is 9.81. The maximum absolute atomic E-state index is 13.8. The molecule has 1 aromatic carbocycles. The number of amides is 1. The molecule has 0 fully saturated rings. The molecule has 2 heterocycles. The number of carbonyl (C=O) groups is 1. The van der Waals surface area contributed by atoms with Gasteiger partial charge in [0.05, 0.1) is 21.8 Å². The van der Waals surface area contributed by atoms with Crippen LogP contribution in [0.25, 0.3) is 10.6 Å². The van der Waals surface area contributed by atoms with Gasteiger partial charge in [-0.05, 0) is 30.0 Å². The summed E-state index contributed by atoms with van der Waals surface area (Å²) in [7, 11) is 0. The molecule has 4 nitrogen and oxygen atoms in total. The van der Waals surface area contributed by atoms with Crippen molar-refractivity contribution in [1.82, 2.24) is 10.2 Å². The average molecular weight is 329 g/mol. The Morgan fingerprint density at radius 3 is 2.83 bits per heavy atom. The van der Waals surface area contributed by atoms with E-state index >= 15 is 0 Å². The number of hydrogen-bond acceptors (Lipinski definition) is 3. The third-order valence-corrected chi connectivity index (χ3v) is 4.33. The molecule has 23 heavy (non-hydrogen) atoms. The van der Waals surface area contributed by atoms with Gasteiger partial charge in [0.15, 0.2) is 0 Å². The van der Waals surface area contributed by atoms with Crippen LogP contribution in [0.2, 0.25) is 0 Å². The van der Waals surface area contributed by atoms with E-state index in [4.69, 9.17) is 0 Å². The van der Waals surface area contributed by atoms with Gasteiger partial charge in [-0.25, -0.2) is 4.39 Å². The third kappa shape index (κ3) is 3.17. The lowest BCUT2D eigenvalue weighted by Gasteiger charge is -2.08. The number of rotatable bonds is 5. The van der Waals surface area contributed by atoms with Crippen LogP contribution in [0.5, 0.6) is 0 Å². The van der Waals surface area contributed by atoms with Gasteiger partial charge in [0.2, 0.25) is 0 Å². The molecule has 0 aliphatic carbocycles. The number of aromatic amines is 1. The minimum absolute atomic E-state index is 0.0216. The highest BCUT2D eigenvalue weighted by Crippen LogP contribution is 2.33. The Morgan fingerprint density at radius 2 is 2.13 bits per heavy atom. The zero-order chi connectivity index (χ0) is 16.2. The quantitative estimate of drug-likeness (QED) is 0.725. The van der Waals surface area contributed by atoms with Crippen LogP contribution in [0.3, 0.4) is 0 Å². The van der Waals surface area contributed by atoms with Crippen molar-refractivity contribution in [1.29, 1.82) is 0 Å². The monoisotopic (exact) mass is 329 g/mol. The van der Waals surface area contributed by atoms with Gasteiger partial charge in [0, 0.05) is 0 Å². The predicted octanol–water partition coefficient (Wildman–Crippen LogP) is 4.48. The van der Waals surface area contributed by atoms with E-state index in [0.29, 0.717) is 11.4 Å². The zero-order valence-corrected chi connectivity index (χ0v) is 13.4. The van der Waals surface area contributed by atoms with Gasteiger partial charge in [-0.15, -0.1) is 11.3 Å². The number of aromatic nitrogens is 2. The summed E-state index contributed by atoms with van der Waals surface area (Å²) >= 11 is 1.54. The fourth-order valence-corrected chi connectivity index (χ4v) is 3.08. The van der Waals surface area contributed by atoms with E-state index in [9.17, 15) is 9.18 Å². The molecule has 0 aliphatic rings. The van der Waals surface area contributed by atoms with Crippen LogP contribution >= 0.6 is 11.3 Å². The van der Waals surface area contributed by atoms with Crippen molar-refractivity contribution < 1.29 is 9.18 Å². The number of H-pyrrole nitrogens is 1. The Kier molecular flexibility index (Phi) is 4.52. The number of thiophene rings is 1. The first kappa shape index (κ1) is 15.4. The van der Waals surface area contributed by atoms with Gasteiger partial charge in [-0.3, -0.25) is 9.89 Å². The molecule has 0 unspecified atom stereocenters. The van der Waals surface area contributed by atoms with Crippen LogP contribution in [0.1, 0.15) is 29.4 Å². The lowest BCUT2D eigenvalue weighted by Crippen LogP contribution is -2.15. The van der Waals surface area contributed by atoms with E-state index in [2.05, 4.69) is 15.5 Å². The van der Waals surface area contributed by atoms with E-state index < -0.39 is 11.7 Å².